The molecule has 7 nitrogen and oxygen atoms in total. The van der Waals surface area contributed by atoms with E-state index in [-0.39, 0.29) is 0 Å². The van der Waals surface area contributed by atoms with Crippen LogP contribution < -0.4 is 0 Å². The van der Waals surface area contributed by atoms with Gasteiger partial charge in [0.15, 0.2) is 0 Å². The first-order valence-electron chi connectivity index (χ1n) is 12.9. The second kappa shape index (κ2) is 5.95. The van der Waals surface area contributed by atoms with Gasteiger partial charge in [0.05, 0.1) is 68.7 Å². The molecule has 11 rings (SSSR count). The number of hydrogen-bond acceptors (Lipinski definition) is 5. The molecule has 0 amide bonds. The van der Waals surface area contributed by atoms with Crippen molar-refractivity contribution in [2.75, 3.05) is 0 Å². The first kappa shape index (κ1) is 18.6. The van der Waals surface area contributed by atoms with E-state index in [9.17, 15) is 0 Å². The number of hydrogen-bond donors (Lipinski definition) is 0. The molecule has 0 aliphatic heterocycles. The van der Waals surface area contributed by atoms with Crippen LogP contribution in [0.15, 0.2) is 90.4 Å². The van der Waals surface area contributed by atoms with Crippen LogP contribution in [0.4, 0.5) is 0 Å². The third-order valence-corrected chi connectivity index (χ3v) is 8.73. The summed E-state index contributed by atoms with van der Waals surface area (Å²) in [5, 5.41) is 11.5. The van der Waals surface area contributed by atoms with Gasteiger partial charge in [-0.25, -0.2) is 0 Å². The maximum atomic E-state index is 6.99. The molecule has 11 aromatic rings. The van der Waals surface area contributed by atoms with Crippen molar-refractivity contribution in [2.45, 2.75) is 0 Å². The number of furan rings is 1. The van der Waals surface area contributed by atoms with Crippen LogP contribution >= 0.6 is 0 Å². The zero-order chi connectivity index (χ0) is 25.0. The van der Waals surface area contributed by atoms with E-state index >= 15 is 0 Å². The lowest BCUT2D eigenvalue weighted by atomic mass is 10.0. The number of benzene rings is 2. The van der Waals surface area contributed by atoms with Crippen LogP contribution in [-0.4, -0.2) is 28.7 Å². The smallest absolute Gasteiger partial charge is 0.145 e. The highest BCUT2D eigenvalue weighted by atomic mass is 16.3. The van der Waals surface area contributed by atoms with E-state index < -0.39 is 0 Å². The van der Waals surface area contributed by atoms with Gasteiger partial charge in [-0.2, -0.15) is 0 Å². The monoisotopic (exact) mass is 498 g/mol. The summed E-state index contributed by atoms with van der Waals surface area (Å²) in [6.45, 7) is 0. The van der Waals surface area contributed by atoms with Crippen molar-refractivity contribution in [1.29, 1.82) is 0 Å². The van der Waals surface area contributed by atoms with Crippen molar-refractivity contribution in [1.82, 2.24) is 28.7 Å². The summed E-state index contributed by atoms with van der Waals surface area (Å²) in [5.41, 5.74) is 8.39. The third-order valence-electron chi connectivity index (χ3n) is 8.73. The highest BCUT2D eigenvalue weighted by molar-refractivity contribution is 6.37. The van der Waals surface area contributed by atoms with Gasteiger partial charge >= 0.3 is 0 Å². The molecule has 0 unspecified atom stereocenters. The lowest BCUT2D eigenvalue weighted by Crippen LogP contribution is -1.81. The molecule has 0 bridgehead atoms. The molecule has 0 fully saturated rings. The largest absolute Gasteiger partial charge is 0.455 e. The summed E-state index contributed by atoms with van der Waals surface area (Å²) in [5.74, 6) is 0. The van der Waals surface area contributed by atoms with E-state index in [1.807, 2.05) is 49.6 Å². The summed E-state index contributed by atoms with van der Waals surface area (Å²) in [4.78, 5) is 17.8. The van der Waals surface area contributed by atoms with Gasteiger partial charge < -0.3 is 13.2 Å². The minimum Gasteiger partial charge on any atom is -0.455 e. The molecule has 0 N–H and O–H groups in total. The molecule has 0 atom stereocenters. The third kappa shape index (κ3) is 1.88. The number of aromatic nitrogens is 6. The minimum atomic E-state index is 0.906. The van der Waals surface area contributed by atoms with Crippen molar-refractivity contribution in [2.24, 2.45) is 0 Å². The van der Waals surface area contributed by atoms with E-state index in [0.717, 1.165) is 76.6 Å². The maximum Gasteiger partial charge on any atom is 0.145 e. The molecule has 0 saturated heterocycles. The van der Waals surface area contributed by atoms with Gasteiger partial charge in [0.25, 0.3) is 0 Å². The Morgan fingerprint density at radius 3 is 1.26 bits per heavy atom. The van der Waals surface area contributed by atoms with Gasteiger partial charge in [0, 0.05) is 67.9 Å². The Morgan fingerprint density at radius 2 is 0.821 bits per heavy atom. The van der Waals surface area contributed by atoms with Crippen molar-refractivity contribution in [3.63, 3.8) is 0 Å². The molecule has 39 heavy (non-hydrogen) atoms. The molecule has 7 heteroatoms. The Labute approximate surface area is 217 Å². The summed E-state index contributed by atoms with van der Waals surface area (Å²) >= 11 is 0. The number of rotatable bonds is 0. The molecular formula is C32H14N6O. The molecule has 0 saturated carbocycles. The van der Waals surface area contributed by atoms with Crippen LogP contribution in [0.25, 0.3) is 98.1 Å². The van der Waals surface area contributed by atoms with Crippen LogP contribution in [0.2, 0.25) is 0 Å². The maximum absolute atomic E-state index is 6.99. The SMILES string of the molecule is c1cc2c3cc4c5cc6c7ccncc7n7c8cnccc8c(c5oc4c4c5ccncc5n(c2cn1)c34)c67. The highest BCUT2D eigenvalue weighted by Gasteiger charge is 2.26. The summed E-state index contributed by atoms with van der Waals surface area (Å²) in [6.07, 6.45) is 15.2. The van der Waals surface area contributed by atoms with E-state index in [2.05, 4.69) is 65.1 Å². The first-order chi connectivity index (χ1) is 19.4. The van der Waals surface area contributed by atoms with E-state index in [0.29, 0.717) is 0 Å². The highest BCUT2D eigenvalue weighted by Crippen LogP contribution is 2.49. The van der Waals surface area contributed by atoms with Crippen LogP contribution in [-0.2, 0) is 0 Å². The Bertz CT molecular complexity index is 2640. The number of fused-ring (bicyclic) bond motifs is 17. The number of nitrogens with zero attached hydrogens (tertiary/aromatic N) is 6. The molecule has 9 heterocycles. The Morgan fingerprint density at radius 1 is 0.436 bits per heavy atom. The predicted molar refractivity (Wildman–Crippen MR) is 154 cm³/mol. The number of pyridine rings is 4. The standard InChI is InChI=1S/C32H14N6O/c1-5-33-11-23-15(1)19-9-21-22-10-20-16-2-6-34-12-24(16)38-26-14-36-8-4-18(26)28(30(20)38)32(22)39-31(21)27-17-3-7-35-13-25(17)37(23)29(19)27/h1-14H. The average Bonchev–Trinajstić information content (AvgIpc) is 3.76. The van der Waals surface area contributed by atoms with Crippen LogP contribution in [0.1, 0.15) is 0 Å². The Hall–Kier alpha value is -5.56. The van der Waals surface area contributed by atoms with Gasteiger partial charge in [0.1, 0.15) is 11.2 Å². The zero-order valence-electron chi connectivity index (χ0n) is 20.2. The molecular weight excluding hydrogens is 484 g/mol. The van der Waals surface area contributed by atoms with Gasteiger partial charge in [-0.15, -0.1) is 0 Å². The molecule has 178 valence electrons. The lowest BCUT2D eigenvalue weighted by molar-refractivity contribution is 0.677. The van der Waals surface area contributed by atoms with Crippen molar-refractivity contribution >= 4 is 98.1 Å². The van der Waals surface area contributed by atoms with Gasteiger partial charge in [-0.3, -0.25) is 19.9 Å². The lowest BCUT2D eigenvalue weighted by Gasteiger charge is -1.98. The summed E-state index contributed by atoms with van der Waals surface area (Å²) in [7, 11) is 0. The van der Waals surface area contributed by atoms with Gasteiger partial charge in [0.2, 0.25) is 0 Å². The fourth-order valence-corrected chi connectivity index (χ4v) is 7.28. The Balaban J connectivity index is 1.50. The molecule has 0 aliphatic rings. The zero-order valence-corrected chi connectivity index (χ0v) is 20.2. The molecule has 2 aromatic carbocycles. The summed E-state index contributed by atoms with van der Waals surface area (Å²) in [6, 6.07) is 13.0. The normalized spacial score (nSPS) is 13.1. The van der Waals surface area contributed by atoms with Crippen molar-refractivity contribution in [3.8, 4) is 0 Å². The second-order valence-electron chi connectivity index (χ2n) is 10.4. The van der Waals surface area contributed by atoms with Crippen LogP contribution in [0.3, 0.4) is 0 Å². The topological polar surface area (TPSA) is 73.5 Å². The molecule has 0 spiro atoms. The van der Waals surface area contributed by atoms with E-state index in [4.69, 9.17) is 4.42 Å². The average molecular weight is 499 g/mol. The molecule has 0 aliphatic carbocycles. The van der Waals surface area contributed by atoms with Crippen molar-refractivity contribution in [3.05, 3.63) is 86.0 Å². The molecule has 0 radical (unpaired) electrons. The first-order valence-corrected chi connectivity index (χ1v) is 12.9. The Kier molecular flexibility index (Phi) is 2.84. The van der Waals surface area contributed by atoms with Crippen molar-refractivity contribution < 1.29 is 4.42 Å². The predicted octanol–water partition coefficient (Wildman–Crippen LogP) is 7.47. The van der Waals surface area contributed by atoms with Crippen LogP contribution in [0, 0.1) is 0 Å². The fourth-order valence-electron chi connectivity index (χ4n) is 7.28. The minimum absolute atomic E-state index is 0.906. The fraction of sp³-hybridized carbons (Fsp3) is 0. The quantitative estimate of drug-likeness (QED) is 0.217. The van der Waals surface area contributed by atoms with Gasteiger partial charge in [-0.1, -0.05) is 0 Å². The van der Waals surface area contributed by atoms with Gasteiger partial charge in [-0.05, 0) is 36.4 Å². The van der Waals surface area contributed by atoms with E-state index in [1.165, 1.54) is 21.5 Å². The second-order valence-corrected chi connectivity index (χ2v) is 10.4. The summed E-state index contributed by atoms with van der Waals surface area (Å²) < 4.78 is 11.6. The molecule has 9 aromatic heterocycles. The van der Waals surface area contributed by atoms with E-state index in [1.54, 1.807) is 0 Å². The van der Waals surface area contributed by atoms with Crippen LogP contribution in [0.5, 0.6) is 0 Å².